The lowest BCUT2D eigenvalue weighted by Crippen LogP contribution is -2.38. The number of benzene rings is 1. The Hall–Kier alpha value is -2.23. The van der Waals surface area contributed by atoms with Crippen LogP contribution in [0.2, 0.25) is 0 Å². The van der Waals surface area contributed by atoms with E-state index in [2.05, 4.69) is 10.3 Å². The van der Waals surface area contributed by atoms with Crippen LogP contribution in [0.25, 0.3) is 0 Å². The van der Waals surface area contributed by atoms with E-state index >= 15 is 0 Å². The van der Waals surface area contributed by atoms with Crippen LogP contribution in [-0.4, -0.2) is 16.9 Å². The van der Waals surface area contributed by atoms with Crippen molar-refractivity contribution in [2.24, 2.45) is 0 Å². The molecule has 0 saturated heterocycles. The number of hydrogen-bond donors (Lipinski definition) is 1. The first-order valence-corrected chi connectivity index (χ1v) is 9.17. The normalized spacial score (nSPS) is 16.8. The van der Waals surface area contributed by atoms with Crippen LogP contribution in [0.3, 0.4) is 0 Å². The van der Waals surface area contributed by atoms with Crippen LogP contribution in [0.15, 0.2) is 48.8 Å². The zero-order valence-electron chi connectivity index (χ0n) is 14.5. The highest BCUT2D eigenvalue weighted by atomic mass is 19.1. The van der Waals surface area contributed by atoms with Gasteiger partial charge in [0.1, 0.15) is 5.82 Å². The van der Waals surface area contributed by atoms with Crippen molar-refractivity contribution < 1.29 is 9.18 Å². The maximum absolute atomic E-state index is 13.3. The number of halogens is 1. The first kappa shape index (κ1) is 17.6. The Morgan fingerprint density at radius 1 is 1.12 bits per heavy atom. The molecule has 0 spiro atoms. The summed E-state index contributed by atoms with van der Waals surface area (Å²) in [5.41, 5.74) is 1.85. The number of nitrogens with zero attached hydrogens (tertiary/aromatic N) is 1. The summed E-state index contributed by atoms with van der Waals surface area (Å²) in [7, 11) is 0. The second-order valence-corrected chi connectivity index (χ2v) is 6.87. The van der Waals surface area contributed by atoms with Gasteiger partial charge < -0.3 is 5.32 Å². The molecule has 1 N–H and O–H groups in total. The second-order valence-electron chi connectivity index (χ2n) is 6.87. The van der Waals surface area contributed by atoms with Gasteiger partial charge in [-0.05, 0) is 48.6 Å². The molecule has 1 saturated carbocycles. The van der Waals surface area contributed by atoms with Crippen LogP contribution in [-0.2, 0) is 11.2 Å². The number of nitrogens with one attached hydrogen (secondary N) is 1. The zero-order chi connectivity index (χ0) is 17.5. The van der Waals surface area contributed by atoms with E-state index in [4.69, 9.17) is 0 Å². The highest BCUT2D eigenvalue weighted by Gasteiger charge is 2.24. The molecular weight excluding hydrogens is 315 g/mol. The summed E-state index contributed by atoms with van der Waals surface area (Å²) in [6.45, 7) is 0. The number of rotatable bonds is 5. The summed E-state index contributed by atoms with van der Waals surface area (Å²) in [4.78, 5) is 17.1. The summed E-state index contributed by atoms with van der Waals surface area (Å²) in [6, 6.07) is 10.4. The molecule has 132 valence electrons. The lowest BCUT2D eigenvalue weighted by molar-refractivity contribution is -0.123. The van der Waals surface area contributed by atoms with Gasteiger partial charge in [-0.15, -0.1) is 0 Å². The van der Waals surface area contributed by atoms with Gasteiger partial charge in [0.25, 0.3) is 0 Å². The highest BCUT2D eigenvalue weighted by Crippen LogP contribution is 2.23. The minimum Gasteiger partial charge on any atom is -0.353 e. The number of carbonyl (C=O) groups excluding carboxylic acids is 1. The molecule has 1 heterocycles. The first-order chi connectivity index (χ1) is 12.2. The van der Waals surface area contributed by atoms with E-state index in [9.17, 15) is 9.18 Å². The van der Waals surface area contributed by atoms with Gasteiger partial charge in [0, 0.05) is 18.4 Å². The van der Waals surface area contributed by atoms with E-state index < -0.39 is 0 Å². The monoisotopic (exact) mass is 340 g/mol. The molecule has 1 fully saturated rings. The van der Waals surface area contributed by atoms with Crippen LogP contribution in [0.5, 0.6) is 0 Å². The predicted molar refractivity (Wildman–Crippen MR) is 96.7 cm³/mol. The fourth-order valence-electron chi connectivity index (χ4n) is 3.54. The average molecular weight is 340 g/mol. The van der Waals surface area contributed by atoms with E-state index in [1.54, 1.807) is 24.5 Å². The van der Waals surface area contributed by atoms with Crippen LogP contribution in [0.1, 0.15) is 55.6 Å². The first-order valence-electron chi connectivity index (χ1n) is 9.17. The molecule has 1 aromatic heterocycles. The summed E-state index contributed by atoms with van der Waals surface area (Å²) < 4.78 is 13.3. The van der Waals surface area contributed by atoms with Gasteiger partial charge in [0.05, 0.1) is 5.92 Å². The van der Waals surface area contributed by atoms with Crippen LogP contribution >= 0.6 is 0 Å². The molecular formula is C21H25FN2O. The van der Waals surface area contributed by atoms with E-state index in [1.807, 2.05) is 12.1 Å². The topological polar surface area (TPSA) is 42.0 Å². The van der Waals surface area contributed by atoms with Crippen LogP contribution in [0.4, 0.5) is 4.39 Å². The Balaban J connectivity index is 1.77. The number of hydrogen-bond acceptors (Lipinski definition) is 2. The van der Waals surface area contributed by atoms with Crippen molar-refractivity contribution in [2.45, 2.75) is 56.9 Å². The number of amides is 1. The Morgan fingerprint density at radius 3 is 2.48 bits per heavy atom. The molecule has 1 aromatic carbocycles. The van der Waals surface area contributed by atoms with E-state index in [0.29, 0.717) is 6.42 Å². The summed E-state index contributed by atoms with van der Waals surface area (Å²) >= 11 is 0. The fraction of sp³-hybridized carbons (Fsp3) is 0.429. The van der Waals surface area contributed by atoms with Crippen molar-refractivity contribution in [3.05, 3.63) is 65.7 Å². The molecule has 0 radical (unpaired) electrons. The SMILES string of the molecule is O=C(NC1CCCCCC1)C(Cc1cccnc1)c1ccc(F)cc1. The van der Waals surface area contributed by atoms with Gasteiger partial charge in [0.2, 0.25) is 5.91 Å². The van der Waals surface area contributed by atoms with Crippen molar-refractivity contribution in [3.63, 3.8) is 0 Å². The van der Waals surface area contributed by atoms with Crippen LogP contribution in [0, 0.1) is 5.82 Å². The Bertz CT molecular complexity index is 664. The van der Waals surface area contributed by atoms with Gasteiger partial charge in [-0.25, -0.2) is 4.39 Å². The van der Waals surface area contributed by atoms with E-state index in [1.165, 1.54) is 37.8 Å². The molecule has 4 heteroatoms. The fourth-order valence-corrected chi connectivity index (χ4v) is 3.54. The zero-order valence-corrected chi connectivity index (χ0v) is 14.5. The molecule has 1 unspecified atom stereocenters. The van der Waals surface area contributed by atoms with Gasteiger partial charge in [-0.1, -0.05) is 43.9 Å². The van der Waals surface area contributed by atoms with Crippen LogP contribution < -0.4 is 5.32 Å². The molecule has 1 atom stereocenters. The Morgan fingerprint density at radius 2 is 1.84 bits per heavy atom. The van der Waals surface area contributed by atoms with Crippen molar-refractivity contribution in [1.29, 1.82) is 0 Å². The third kappa shape index (κ3) is 5.12. The summed E-state index contributed by atoms with van der Waals surface area (Å²) in [5, 5.41) is 3.24. The molecule has 1 aliphatic carbocycles. The minimum atomic E-state index is -0.326. The van der Waals surface area contributed by atoms with E-state index in [-0.39, 0.29) is 23.7 Å². The molecule has 3 rings (SSSR count). The van der Waals surface area contributed by atoms with Crippen molar-refractivity contribution >= 4 is 5.91 Å². The third-order valence-electron chi connectivity index (χ3n) is 4.95. The molecule has 2 aromatic rings. The van der Waals surface area contributed by atoms with Crippen molar-refractivity contribution in [1.82, 2.24) is 10.3 Å². The molecule has 1 amide bonds. The quantitative estimate of drug-likeness (QED) is 0.821. The van der Waals surface area contributed by atoms with Crippen molar-refractivity contribution in [2.75, 3.05) is 0 Å². The van der Waals surface area contributed by atoms with Gasteiger partial charge in [-0.2, -0.15) is 0 Å². The lowest BCUT2D eigenvalue weighted by Gasteiger charge is -2.22. The highest BCUT2D eigenvalue weighted by molar-refractivity contribution is 5.84. The molecule has 3 nitrogen and oxygen atoms in total. The largest absolute Gasteiger partial charge is 0.353 e. The Labute approximate surface area is 148 Å². The Kier molecular flexibility index (Phi) is 6.15. The summed E-state index contributed by atoms with van der Waals surface area (Å²) in [6.07, 6.45) is 11.0. The molecule has 1 aliphatic rings. The number of pyridine rings is 1. The predicted octanol–water partition coefficient (Wildman–Crippen LogP) is 4.39. The standard InChI is InChI=1S/C21H25FN2O/c22-18-11-9-17(10-12-18)20(14-16-6-5-13-23-15-16)21(25)24-19-7-3-1-2-4-8-19/h5-6,9-13,15,19-20H,1-4,7-8,14H2,(H,24,25). The van der Waals surface area contributed by atoms with Gasteiger partial charge >= 0.3 is 0 Å². The smallest absolute Gasteiger partial charge is 0.228 e. The average Bonchev–Trinajstić information content (AvgIpc) is 2.90. The van der Waals surface area contributed by atoms with Crippen molar-refractivity contribution in [3.8, 4) is 0 Å². The summed E-state index contributed by atoms with van der Waals surface area (Å²) in [5.74, 6) is -0.580. The molecule has 25 heavy (non-hydrogen) atoms. The van der Waals surface area contributed by atoms with E-state index in [0.717, 1.165) is 24.0 Å². The maximum Gasteiger partial charge on any atom is 0.228 e. The number of carbonyl (C=O) groups is 1. The minimum absolute atomic E-state index is 0.0300. The molecule has 0 bridgehead atoms. The maximum atomic E-state index is 13.3. The lowest BCUT2D eigenvalue weighted by atomic mass is 9.91. The third-order valence-corrected chi connectivity index (χ3v) is 4.95. The second kappa shape index (κ2) is 8.75. The van der Waals surface area contributed by atoms with Gasteiger partial charge in [-0.3, -0.25) is 9.78 Å². The number of aromatic nitrogens is 1. The molecule has 0 aliphatic heterocycles. The van der Waals surface area contributed by atoms with Gasteiger partial charge in [0.15, 0.2) is 0 Å².